The van der Waals surface area contributed by atoms with E-state index in [1.807, 2.05) is 24.3 Å². The summed E-state index contributed by atoms with van der Waals surface area (Å²) in [4.78, 5) is 0. The summed E-state index contributed by atoms with van der Waals surface area (Å²) in [6.45, 7) is 0. The van der Waals surface area contributed by atoms with Gasteiger partial charge >= 0.3 is 0 Å². The number of hydrogen-bond donors (Lipinski definition) is 1. The number of halogens is 1. The van der Waals surface area contributed by atoms with E-state index in [2.05, 4.69) is 6.08 Å². The Kier molecular flexibility index (Phi) is 3.45. The maximum absolute atomic E-state index is 9.79. The zero-order valence-corrected chi connectivity index (χ0v) is 9.37. The Labute approximate surface area is 95.4 Å². The number of benzene rings is 1. The Balaban J connectivity index is 2.17. The van der Waals surface area contributed by atoms with E-state index in [9.17, 15) is 5.11 Å². The van der Waals surface area contributed by atoms with Crippen LogP contribution in [0.15, 0.2) is 29.8 Å². The highest BCUT2D eigenvalue weighted by Gasteiger charge is 2.15. The molecule has 0 amide bonds. The van der Waals surface area contributed by atoms with Gasteiger partial charge in [0.05, 0.1) is 6.10 Å². The van der Waals surface area contributed by atoms with Crippen molar-refractivity contribution in [1.29, 1.82) is 0 Å². The molecule has 0 spiro atoms. The summed E-state index contributed by atoms with van der Waals surface area (Å²) < 4.78 is 0. The Morgan fingerprint density at radius 2 is 1.93 bits per heavy atom. The van der Waals surface area contributed by atoms with Gasteiger partial charge in [-0.1, -0.05) is 36.2 Å². The molecule has 1 saturated carbocycles. The van der Waals surface area contributed by atoms with Gasteiger partial charge in [-0.05, 0) is 42.5 Å². The molecular formula is C13H15ClO. The summed E-state index contributed by atoms with van der Waals surface area (Å²) in [5.41, 5.74) is 2.28. The average molecular weight is 223 g/mol. The average Bonchev–Trinajstić information content (AvgIpc) is 2.25. The van der Waals surface area contributed by atoms with Crippen LogP contribution in [0.25, 0.3) is 6.08 Å². The molecule has 2 rings (SSSR count). The molecule has 80 valence electrons. The molecule has 1 aliphatic carbocycles. The van der Waals surface area contributed by atoms with Gasteiger partial charge < -0.3 is 5.11 Å². The van der Waals surface area contributed by atoms with Crippen molar-refractivity contribution in [2.24, 2.45) is 0 Å². The Bertz CT molecular complexity index is 353. The Hall–Kier alpha value is -0.790. The molecule has 0 bridgehead atoms. The lowest BCUT2D eigenvalue weighted by Gasteiger charge is -2.20. The third-order valence-electron chi connectivity index (χ3n) is 2.84. The largest absolute Gasteiger partial charge is 0.389 e. The molecule has 1 aliphatic rings. The van der Waals surface area contributed by atoms with Gasteiger partial charge in [-0.3, -0.25) is 0 Å². The third-order valence-corrected chi connectivity index (χ3v) is 3.10. The van der Waals surface area contributed by atoms with Crippen LogP contribution < -0.4 is 0 Å². The molecule has 0 saturated heterocycles. The van der Waals surface area contributed by atoms with E-state index < -0.39 is 0 Å². The SMILES string of the molecule is O[C@H]1CCCC/C1=C\c1ccc(Cl)cc1. The first-order valence-corrected chi connectivity index (χ1v) is 5.77. The van der Waals surface area contributed by atoms with E-state index in [0.29, 0.717) is 0 Å². The van der Waals surface area contributed by atoms with Crippen LogP contribution in [0.4, 0.5) is 0 Å². The first-order valence-electron chi connectivity index (χ1n) is 5.40. The van der Waals surface area contributed by atoms with Crippen molar-refractivity contribution in [3.05, 3.63) is 40.4 Å². The van der Waals surface area contributed by atoms with Crippen LogP contribution in [0.5, 0.6) is 0 Å². The summed E-state index contributed by atoms with van der Waals surface area (Å²) in [7, 11) is 0. The highest BCUT2D eigenvalue weighted by atomic mass is 35.5. The predicted octanol–water partition coefficient (Wildman–Crippen LogP) is 3.66. The lowest BCUT2D eigenvalue weighted by Crippen LogP contribution is -2.14. The quantitative estimate of drug-likeness (QED) is 0.769. The van der Waals surface area contributed by atoms with Gasteiger partial charge in [0, 0.05) is 5.02 Å². The minimum Gasteiger partial charge on any atom is -0.389 e. The predicted molar refractivity (Wildman–Crippen MR) is 63.9 cm³/mol. The lowest BCUT2D eigenvalue weighted by molar-refractivity contribution is 0.180. The monoisotopic (exact) mass is 222 g/mol. The van der Waals surface area contributed by atoms with Crippen molar-refractivity contribution >= 4 is 17.7 Å². The molecule has 0 aromatic heterocycles. The zero-order valence-electron chi connectivity index (χ0n) is 8.62. The van der Waals surface area contributed by atoms with Crippen LogP contribution in [0, 0.1) is 0 Å². The van der Waals surface area contributed by atoms with E-state index in [-0.39, 0.29) is 6.10 Å². The second-order valence-corrected chi connectivity index (χ2v) is 4.47. The fourth-order valence-electron chi connectivity index (χ4n) is 1.96. The fraction of sp³-hybridized carbons (Fsp3) is 0.385. The van der Waals surface area contributed by atoms with Gasteiger partial charge in [0.15, 0.2) is 0 Å². The van der Waals surface area contributed by atoms with Crippen molar-refractivity contribution in [2.45, 2.75) is 31.8 Å². The summed E-state index contributed by atoms with van der Waals surface area (Å²) in [5, 5.41) is 10.5. The van der Waals surface area contributed by atoms with E-state index in [0.717, 1.165) is 35.4 Å². The maximum atomic E-state index is 9.79. The molecule has 1 atom stereocenters. The first kappa shape index (κ1) is 10.7. The van der Waals surface area contributed by atoms with Crippen molar-refractivity contribution in [3.63, 3.8) is 0 Å². The van der Waals surface area contributed by atoms with E-state index in [1.165, 1.54) is 6.42 Å². The molecule has 1 fully saturated rings. The molecule has 2 heteroatoms. The van der Waals surface area contributed by atoms with Crippen LogP contribution in [-0.2, 0) is 0 Å². The van der Waals surface area contributed by atoms with Gasteiger partial charge in [-0.2, -0.15) is 0 Å². The Morgan fingerprint density at radius 1 is 1.20 bits per heavy atom. The number of rotatable bonds is 1. The molecule has 0 aliphatic heterocycles. The molecule has 0 unspecified atom stereocenters. The smallest absolute Gasteiger partial charge is 0.0753 e. The molecule has 1 nitrogen and oxygen atoms in total. The van der Waals surface area contributed by atoms with Crippen LogP contribution >= 0.6 is 11.6 Å². The van der Waals surface area contributed by atoms with Crippen molar-refractivity contribution < 1.29 is 5.11 Å². The van der Waals surface area contributed by atoms with E-state index >= 15 is 0 Å². The van der Waals surface area contributed by atoms with Crippen LogP contribution in [0.2, 0.25) is 5.02 Å². The van der Waals surface area contributed by atoms with Gasteiger partial charge in [0.1, 0.15) is 0 Å². The fourth-order valence-corrected chi connectivity index (χ4v) is 2.09. The van der Waals surface area contributed by atoms with Gasteiger partial charge in [-0.15, -0.1) is 0 Å². The van der Waals surface area contributed by atoms with Crippen LogP contribution in [-0.4, -0.2) is 11.2 Å². The molecule has 1 N–H and O–H groups in total. The second-order valence-electron chi connectivity index (χ2n) is 4.03. The van der Waals surface area contributed by atoms with Gasteiger partial charge in [-0.25, -0.2) is 0 Å². The normalized spacial score (nSPS) is 24.4. The van der Waals surface area contributed by atoms with Crippen molar-refractivity contribution in [3.8, 4) is 0 Å². The van der Waals surface area contributed by atoms with E-state index in [1.54, 1.807) is 0 Å². The number of aliphatic hydroxyl groups excluding tert-OH is 1. The summed E-state index contributed by atoms with van der Waals surface area (Å²) >= 11 is 5.81. The Morgan fingerprint density at radius 3 is 2.60 bits per heavy atom. The number of hydrogen-bond acceptors (Lipinski definition) is 1. The molecule has 1 aromatic carbocycles. The lowest BCUT2D eigenvalue weighted by atomic mass is 9.91. The summed E-state index contributed by atoms with van der Waals surface area (Å²) in [6.07, 6.45) is 6.09. The van der Waals surface area contributed by atoms with Crippen molar-refractivity contribution in [2.75, 3.05) is 0 Å². The van der Waals surface area contributed by atoms with Gasteiger partial charge in [0.25, 0.3) is 0 Å². The molecule has 15 heavy (non-hydrogen) atoms. The standard InChI is InChI=1S/C13H15ClO/c14-12-7-5-10(6-8-12)9-11-3-1-2-4-13(11)15/h5-9,13,15H,1-4H2/b11-9+/t13-/m0/s1. The first-order chi connectivity index (χ1) is 7.25. The summed E-state index contributed by atoms with van der Waals surface area (Å²) in [6, 6.07) is 7.72. The molecule has 0 heterocycles. The molecular weight excluding hydrogens is 208 g/mol. The topological polar surface area (TPSA) is 20.2 Å². The van der Waals surface area contributed by atoms with E-state index in [4.69, 9.17) is 11.6 Å². The van der Waals surface area contributed by atoms with Gasteiger partial charge in [0.2, 0.25) is 0 Å². The van der Waals surface area contributed by atoms with Crippen LogP contribution in [0.3, 0.4) is 0 Å². The second kappa shape index (κ2) is 4.82. The van der Waals surface area contributed by atoms with Crippen LogP contribution in [0.1, 0.15) is 31.2 Å². The zero-order chi connectivity index (χ0) is 10.7. The highest BCUT2D eigenvalue weighted by Crippen LogP contribution is 2.25. The maximum Gasteiger partial charge on any atom is 0.0753 e. The molecule has 0 radical (unpaired) electrons. The minimum atomic E-state index is -0.241. The third kappa shape index (κ3) is 2.83. The summed E-state index contributed by atoms with van der Waals surface area (Å²) in [5.74, 6) is 0. The highest BCUT2D eigenvalue weighted by molar-refractivity contribution is 6.30. The minimum absolute atomic E-state index is 0.241. The van der Waals surface area contributed by atoms with Crippen molar-refractivity contribution in [1.82, 2.24) is 0 Å². The number of aliphatic hydroxyl groups is 1. The molecule has 1 aromatic rings.